The lowest BCUT2D eigenvalue weighted by Crippen LogP contribution is -2.42. The first-order valence-electron chi connectivity index (χ1n) is 4.90. The van der Waals surface area contributed by atoms with Gasteiger partial charge >= 0.3 is 12.0 Å². The van der Waals surface area contributed by atoms with E-state index in [1.807, 2.05) is 6.92 Å². The van der Waals surface area contributed by atoms with Gasteiger partial charge in [-0.25, -0.2) is 4.79 Å². The molecule has 2 amide bonds. The third kappa shape index (κ3) is 9.01. The summed E-state index contributed by atoms with van der Waals surface area (Å²) >= 11 is 0. The lowest BCUT2D eigenvalue weighted by Gasteiger charge is -2.12. The Balaban J connectivity index is 3.51. The molecule has 0 bridgehead atoms. The van der Waals surface area contributed by atoms with Crippen LogP contribution < -0.4 is 10.6 Å². The van der Waals surface area contributed by atoms with Gasteiger partial charge in [-0.05, 0) is 13.8 Å². The van der Waals surface area contributed by atoms with Gasteiger partial charge < -0.3 is 20.5 Å². The SMILES string of the molecule is CCOCCNC(=O)NC(C)CC(=O)O. The second-order valence-corrected chi connectivity index (χ2v) is 3.10. The summed E-state index contributed by atoms with van der Waals surface area (Å²) in [5, 5.41) is 13.5. The highest BCUT2D eigenvalue weighted by Gasteiger charge is 2.09. The van der Waals surface area contributed by atoms with Crippen LogP contribution in [-0.4, -0.2) is 42.9 Å². The highest BCUT2D eigenvalue weighted by Crippen LogP contribution is 1.89. The summed E-state index contributed by atoms with van der Waals surface area (Å²) in [6.07, 6.45) is -0.0844. The number of carboxylic acids is 1. The predicted octanol–water partition coefficient (Wildman–Crippen LogP) is 0.185. The Morgan fingerprint density at radius 3 is 2.67 bits per heavy atom. The average Bonchev–Trinajstić information content (AvgIpc) is 2.10. The molecule has 0 rings (SSSR count). The molecule has 0 aliphatic carbocycles. The molecule has 1 atom stereocenters. The number of carboxylic acid groups (broad SMARTS) is 1. The van der Waals surface area contributed by atoms with Crippen molar-refractivity contribution in [1.82, 2.24) is 10.6 Å². The quantitative estimate of drug-likeness (QED) is 0.532. The first-order valence-corrected chi connectivity index (χ1v) is 4.90. The van der Waals surface area contributed by atoms with E-state index in [2.05, 4.69) is 10.6 Å². The molecule has 0 radical (unpaired) electrons. The van der Waals surface area contributed by atoms with E-state index in [-0.39, 0.29) is 18.5 Å². The fourth-order valence-corrected chi connectivity index (χ4v) is 0.969. The van der Waals surface area contributed by atoms with Gasteiger partial charge in [0.25, 0.3) is 0 Å². The first kappa shape index (κ1) is 13.7. The minimum Gasteiger partial charge on any atom is -0.481 e. The highest BCUT2D eigenvalue weighted by atomic mass is 16.5. The summed E-state index contributed by atoms with van der Waals surface area (Å²) in [6, 6.07) is -0.752. The van der Waals surface area contributed by atoms with E-state index in [9.17, 15) is 9.59 Å². The Morgan fingerprint density at radius 2 is 2.13 bits per heavy atom. The molecule has 0 heterocycles. The van der Waals surface area contributed by atoms with E-state index in [0.717, 1.165) is 0 Å². The zero-order valence-corrected chi connectivity index (χ0v) is 9.08. The van der Waals surface area contributed by atoms with Gasteiger partial charge in [0.1, 0.15) is 0 Å². The highest BCUT2D eigenvalue weighted by molar-refractivity contribution is 5.75. The Kier molecular flexibility index (Phi) is 7.35. The van der Waals surface area contributed by atoms with Crippen LogP contribution in [0.25, 0.3) is 0 Å². The van der Waals surface area contributed by atoms with Crippen LogP contribution in [0, 0.1) is 0 Å². The smallest absolute Gasteiger partial charge is 0.315 e. The molecule has 0 saturated carbocycles. The molecular weight excluding hydrogens is 200 g/mol. The molecule has 1 unspecified atom stereocenters. The van der Waals surface area contributed by atoms with Crippen molar-refractivity contribution in [2.24, 2.45) is 0 Å². The molecule has 0 aliphatic rings. The van der Waals surface area contributed by atoms with Crippen LogP contribution in [0.5, 0.6) is 0 Å². The molecule has 88 valence electrons. The molecule has 15 heavy (non-hydrogen) atoms. The van der Waals surface area contributed by atoms with Gasteiger partial charge in [-0.2, -0.15) is 0 Å². The number of nitrogens with one attached hydrogen (secondary N) is 2. The number of carbonyl (C=O) groups excluding carboxylic acids is 1. The molecule has 0 aromatic rings. The van der Waals surface area contributed by atoms with Gasteiger partial charge in [-0.3, -0.25) is 4.79 Å². The van der Waals surface area contributed by atoms with E-state index in [1.54, 1.807) is 6.92 Å². The molecule has 0 aliphatic heterocycles. The second-order valence-electron chi connectivity index (χ2n) is 3.10. The summed E-state index contributed by atoms with van der Waals surface area (Å²) in [6.45, 7) is 4.99. The number of aliphatic carboxylic acids is 1. The standard InChI is InChI=1S/C9H18N2O4/c1-3-15-5-4-10-9(14)11-7(2)6-8(12)13/h7H,3-6H2,1-2H3,(H,12,13)(H2,10,11,14). The number of amides is 2. The van der Waals surface area contributed by atoms with Crippen molar-refractivity contribution in [3.8, 4) is 0 Å². The molecular formula is C9H18N2O4. The minimum atomic E-state index is -0.933. The van der Waals surface area contributed by atoms with Crippen molar-refractivity contribution in [3.63, 3.8) is 0 Å². The number of hydrogen-bond acceptors (Lipinski definition) is 3. The first-order chi connectivity index (χ1) is 7.06. The van der Waals surface area contributed by atoms with Crippen LogP contribution in [-0.2, 0) is 9.53 Å². The number of ether oxygens (including phenoxy) is 1. The number of hydrogen-bond donors (Lipinski definition) is 3. The largest absolute Gasteiger partial charge is 0.481 e. The number of carbonyl (C=O) groups is 2. The Morgan fingerprint density at radius 1 is 1.47 bits per heavy atom. The van der Waals surface area contributed by atoms with Gasteiger partial charge in [-0.1, -0.05) is 0 Å². The molecule has 0 saturated heterocycles. The second kappa shape index (κ2) is 8.05. The van der Waals surface area contributed by atoms with Crippen molar-refractivity contribution in [2.45, 2.75) is 26.3 Å². The van der Waals surface area contributed by atoms with Crippen LogP contribution >= 0.6 is 0 Å². The van der Waals surface area contributed by atoms with Gasteiger partial charge in [-0.15, -0.1) is 0 Å². The van der Waals surface area contributed by atoms with E-state index < -0.39 is 5.97 Å². The maximum Gasteiger partial charge on any atom is 0.315 e. The average molecular weight is 218 g/mol. The molecule has 6 nitrogen and oxygen atoms in total. The van der Waals surface area contributed by atoms with E-state index >= 15 is 0 Å². The third-order valence-electron chi connectivity index (χ3n) is 1.59. The van der Waals surface area contributed by atoms with Crippen LogP contribution in [0.1, 0.15) is 20.3 Å². The van der Waals surface area contributed by atoms with Crippen LogP contribution in [0.4, 0.5) is 4.79 Å². The molecule has 3 N–H and O–H groups in total. The fourth-order valence-electron chi connectivity index (χ4n) is 0.969. The molecule has 0 fully saturated rings. The third-order valence-corrected chi connectivity index (χ3v) is 1.59. The number of rotatable bonds is 7. The van der Waals surface area contributed by atoms with Gasteiger partial charge in [0.15, 0.2) is 0 Å². The Labute approximate surface area is 89.0 Å². The van der Waals surface area contributed by atoms with E-state index in [4.69, 9.17) is 9.84 Å². The lowest BCUT2D eigenvalue weighted by atomic mass is 10.2. The minimum absolute atomic E-state index is 0.0844. The summed E-state index contributed by atoms with van der Waals surface area (Å²) in [4.78, 5) is 21.4. The molecule has 0 spiro atoms. The molecule has 0 aromatic heterocycles. The van der Waals surface area contributed by atoms with E-state index in [0.29, 0.717) is 19.8 Å². The van der Waals surface area contributed by atoms with Crippen molar-refractivity contribution < 1.29 is 19.4 Å². The van der Waals surface area contributed by atoms with Gasteiger partial charge in [0.2, 0.25) is 0 Å². The number of urea groups is 1. The maximum atomic E-state index is 11.1. The van der Waals surface area contributed by atoms with E-state index in [1.165, 1.54) is 0 Å². The normalized spacial score (nSPS) is 11.9. The van der Waals surface area contributed by atoms with Crippen LogP contribution in [0.3, 0.4) is 0 Å². The van der Waals surface area contributed by atoms with Crippen LogP contribution in [0.2, 0.25) is 0 Å². The summed E-state index contributed by atoms with van der Waals surface area (Å²) < 4.78 is 5.02. The molecule has 0 aromatic carbocycles. The van der Waals surface area contributed by atoms with Crippen molar-refractivity contribution in [2.75, 3.05) is 19.8 Å². The Hall–Kier alpha value is -1.30. The zero-order chi connectivity index (χ0) is 11.7. The van der Waals surface area contributed by atoms with Gasteiger partial charge in [0, 0.05) is 19.2 Å². The van der Waals surface area contributed by atoms with Crippen molar-refractivity contribution in [3.05, 3.63) is 0 Å². The van der Waals surface area contributed by atoms with Crippen LogP contribution in [0.15, 0.2) is 0 Å². The maximum absolute atomic E-state index is 11.1. The summed E-state index contributed by atoms with van der Waals surface area (Å²) in [7, 11) is 0. The molecule has 6 heteroatoms. The van der Waals surface area contributed by atoms with Crippen molar-refractivity contribution in [1.29, 1.82) is 0 Å². The van der Waals surface area contributed by atoms with Crippen molar-refractivity contribution >= 4 is 12.0 Å². The fraction of sp³-hybridized carbons (Fsp3) is 0.778. The monoisotopic (exact) mass is 218 g/mol. The predicted molar refractivity (Wildman–Crippen MR) is 54.7 cm³/mol. The lowest BCUT2D eigenvalue weighted by molar-refractivity contribution is -0.137. The Bertz CT molecular complexity index is 208. The summed E-state index contributed by atoms with van der Waals surface area (Å²) in [5.41, 5.74) is 0. The summed E-state index contributed by atoms with van der Waals surface area (Å²) in [5.74, 6) is -0.933. The zero-order valence-electron chi connectivity index (χ0n) is 9.08. The van der Waals surface area contributed by atoms with Gasteiger partial charge in [0.05, 0.1) is 13.0 Å². The topological polar surface area (TPSA) is 87.7 Å².